The highest BCUT2D eigenvalue weighted by Crippen LogP contribution is 2.29. The molecule has 1 heterocycles. The Balaban J connectivity index is 0.00000200. The van der Waals surface area contributed by atoms with Crippen LogP contribution in [0.1, 0.15) is 30.6 Å². The molecule has 20 heavy (non-hydrogen) atoms. The molecule has 1 aliphatic heterocycles. The van der Waals surface area contributed by atoms with Crippen molar-refractivity contribution in [1.82, 2.24) is 4.90 Å². The summed E-state index contributed by atoms with van der Waals surface area (Å²) in [6, 6.07) is 5.41. The Morgan fingerprint density at radius 1 is 1.50 bits per heavy atom. The molecule has 1 unspecified atom stereocenters. The summed E-state index contributed by atoms with van der Waals surface area (Å²) in [5.74, 6) is 0.0392. The van der Waals surface area contributed by atoms with Crippen molar-refractivity contribution in [1.29, 1.82) is 0 Å². The van der Waals surface area contributed by atoms with E-state index in [1.165, 1.54) is 0 Å². The Hall–Kier alpha value is -0.290. The number of rotatable bonds is 1. The number of benzene rings is 1. The quantitative estimate of drug-likeness (QED) is 0.805. The minimum Gasteiger partial charge on any atom is -0.338 e. The molecule has 0 bridgehead atoms. The first-order chi connectivity index (χ1) is 8.81. The summed E-state index contributed by atoms with van der Waals surface area (Å²) in [5, 5.41) is 0.609. The number of hydrogen-bond donors (Lipinski definition) is 1. The van der Waals surface area contributed by atoms with E-state index in [1.54, 1.807) is 18.2 Å². The fourth-order valence-corrected chi connectivity index (χ4v) is 2.86. The first-order valence-electron chi connectivity index (χ1n) is 6.31. The molecule has 2 rings (SSSR count). The van der Waals surface area contributed by atoms with E-state index in [0.717, 1.165) is 10.9 Å². The van der Waals surface area contributed by atoms with Gasteiger partial charge in [-0.25, -0.2) is 0 Å². The van der Waals surface area contributed by atoms with Crippen molar-refractivity contribution in [3.05, 3.63) is 33.3 Å². The predicted octanol–water partition coefficient (Wildman–Crippen LogP) is 3.72. The van der Waals surface area contributed by atoms with E-state index >= 15 is 0 Å². The molecule has 0 aromatic heterocycles. The molecule has 1 atom stereocenters. The van der Waals surface area contributed by atoms with Crippen LogP contribution in [0.15, 0.2) is 22.7 Å². The second-order valence-electron chi connectivity index (χ2n) is 5.74. The third-order valence-corrected chi connectivity index (χ3v) is 4.98. The summed E-state index contributed by atoms with van der Waals surface area (Å²) in [4.78, 5) is 14.4. The summed E-state index contributed by atoms with van der Waals surface area (Å²) in [5.41, 5.74) is 6.71. The van der Waals surface area contributed by atoms with E-state index in [1.807, 2.05) is 4.90 Å². The van der Waals surface area contributed by atoms with Crippen molar-refractivity contribution in [3.63, 3.8) is 0 Å². The van der Waals surface area contributed by atoms with Gasteiger partial charge in [0.2, 0.25) is 0 Å². The summed E-state index contributed by atoms with van der Waals surface area (Å²) >= 11 is 9.29. The third kappa shape index (κ3) is 3.67. The Morgan fingerprint density at radius 2 is 2.15 bits per heavy atom. The number of amides is 1. The zero-order chi connectivity index (χ0) is 14.2. The molecular weight excluding hydrogens is 363 g/mol. The molecule has 0 spiro atoms. The van der Waals surface area contributed by atoms with Crippen molar-refractivity contribution < 1.29 is 4.79 Å². The highest BCUT2D eigenvalue weighted by atomic mass is 79.9. The third-order valence-electron chi connectivity index (χ3n) is 3.77. The van der Waals surface area contributed by atoms with E-state index in [-0.39, 0.29) is 29.8 Å². The fraction of sp³-hybridized carbons (Fsp3) is 0.500. The van der Waals surface area contributed by atoms with Crippen LogP contribution in [0.4, 0.5) is 0 Å². The van der Waals surface area contributed by atoms with Crippen molar-refractivity contribution in [3.8, 4) is 0 Å². The number of carbonyl (C=O) groups is 1. The van der Waals surface area contributed by atoms with Crippen LogP contribution in [-0.4, -0.2) is 29.9 Å². The second kappa shape index (κ2) is 6.65. The molecule has 1 saturated heterocycles. The van der Waals surface area contributed by atoms with Crippen LogP contribution in [-0.2, 0) is 0 Å². The van der Waals surface area contributed by atoms with Crippen molar-refractivity contribution in [2.24, 2.45) is 11.1 Å². The standard InChI is InChI=1S/C14H18BrClN2O.ClH/c1-14(2)8-18(6-5-12(14)17)13(19)9-3-4-11(16)10(15)7-9;/h3-4,7,12H,5-6,8,17H2,1-2H3;1H. The van der Waals surface area contributed by atoms with Crippen LogP contribution in [0.25, 0.3) is 0 Å². The zero-order valence-corrected chi connectivity index (χ0v) is 14.7. The Bertz CT molecular complexity index is 508. The van der Waals surface area contributed by atoms with Gasteiger partial charge in [-0.2, -0.15) is 0 Å². The maximum absolute atomic E-state index is 12.5. The summed E-state index contributed by atoms with van der Waals surface area (Å²) < 4.78 is 0.744. The van der Waals surface area contributed by atoms with Crippen LogP contribution >= 0.6 is 39.9 Å². The molecule has 1 aromatic rings. The average Bonchev–Trinajstić information content (AvgIpc) is 2.35. The Kier molecular flexibility index (Phi) is 5.90. The van der Waals surface area contributed by atoms with Gasteiger partial charge in [-0.05, 0) is 46.0 Å². The van der Waals surface area contributed by atoms with Gasteiger partial charge in [0.1, 0.15) is 0 Å². The number of likely N-dealkylation sites (tertiary alicyclic amines) is 1. The molecule has 0 aliphatic carbocycles. The van der Waals surface area contributed by atoms with Gasteiger partial charge < -0.3 is 10.6 Å². The minimum absolute atomic E-state index is 0. The van der Waals surface area contributed by atoms with Crippen molar-refractivity contribution >= 4 is 45.8 Å². The van der Waals surface area contributed by atoms with Gasteiger partial charge >= 0.3 is 0 Å². The van der Waals surface area contributed by atoms with Crippen LogP contribution < -0.4 is 5.73 Å². The van der Waals surface area contributed by atoms with E-state index in [9.17, 15) is 4.79 Å². The van der Waals surface area contributed by atoms with Crippen LogP contribution in [0.2, 0.25) is 5.02 Å². The zero-order valence-electron chi connectivity index (χ0n) is 11.5. The molecule has 0 radical (unpaired) electrons. The van der Waals surface area contributed by atoms with Gasteiger partial charge in [-0.15, -0.1) is 12.4 Å². The molecule has 1 fully saturated rings. The Morgan fingerprint density at radius 3 is 2.70 bits per heavy atom. The molecule has 1 amide bonds. The number of halogens is 3. The van der Waals surface area contributed by atoms with E-state index in [0.29, 0.717) is 23.7 Å². The maximum atomic E-state index is 12.5. The predicted molar refractivity (Wildman–Crippen MR) is 88.7 cm³/mol. The van der Waals surface area contributed by atoms with Gasteiger partial charge in [0.25, 0.3) is 5.91 Å². The molecule has 1 aliphatic rings. The summed E-state index contributed by atoms with van der Waals surface area (Å²) in [7, 11) is 0. The van der Waals surface area contributed by atoms with Crippen molar-refractivity contribution in [2.75, 3.05) is 13.1 Å². The lowest BCUT2D eigenvalue weighted by atomic mass is 9.79. The molecular formula is C14H19BrCl2N2O. The van der Waals surface area contributed by atoms with Crippen LogP contribution in [0, 0.1) is 5.41 Å². The molecule has 112 valence electrons. The van der Waals surface area contributed by atoms with Gasteiger partial charge in [-0.3, -0.25) is 4.79 Å². The topological polar surface area (TPSA) is 46.3 Å². The summed E-state index contributed by atoms with van der Waals surface area (Å²) in [6.45, 7) is 5.61. The average molecular weight is 382 g/mol. The smallest absolute Gasteiger partial charge is 0.253 e. The van der Waals surface area contributed by atoms with Gasteiger partial charge in [0.15, 0.2) is 0 Å². The Labute approximate surface area is 139 Å². The van der Waals surface area contributed by atoms with Crippen molar-refractivity contribution in [2.45, 2.75) is 26.3 Å². The highest BCUT2D eigenvalue weighted by Gasteiger charge is 2.35. The first kappa shape index (κ1) is 17.8. The highest BCUT2D eigenvalue weighted by molar-refractivity contribution is 9.10. The number of hydrogen-bond acceptors (Lipinski definition) is 2. The van der Waals surface area contributed by atoms with Gasteiger partial charge in [0, 0.05) is 29.2 Å². The van der Waals surface area contributed by atoms with E-state index in [2.05, 4.69) is 29.8 Å². The first-order valence-corrected chi connectivity index (χ1v) is 7.48. The molecule has 0 saturated carbocycles. The van der Waals surface area contributed by atoms with Gasteiger partial charge in [0.05, 0.1) is 5.02 Å². The maximum Gasteiger partial charge on any atom is 0.253 e. The number of piperidine rings is 1. The lowest BCUT2D eigenvalue weighted by molar-refractivity contribution is 0.0533. The lowest BCUT2D eigenvalue weighted by Crippen LogP contribution is -2.54. The largest absolute Gasteiger partial charge is 0.338 e. The molecule has 3 nitrogen and oxygen atoms in total. The number of nitrogens with two attached hydrogens (primary N) is 1. The number of carbonyl (C=O) groups excluding carboxylic acids is 1. The van der Waals surface area contributed by atoms with E-state index in [4.69, 9.17) is 17.3 Å². The SMILES string of the molecule is CC1(C)CN(C(=O)c2ccc(Cl)c(Br)c2)CCC1N.Cl. The summed E-state index contributed by atoms with van der Waals surface area (Å²) in [6.07, 6.45) is 0.841. The minimum atomic E-state index is -0.0441. The van der Waals surface area contributed by atoms with Gasteiger partial charge in [-0.1, -0.05) is 25.4 Å². The van der Waals surface area contributed by atoms with Crippen LogP contribution in [0.5, 0.6) is 0 Å². The monoisotopic (exact) mass is 380 g/mol. The number of nitrogens with zero attached hydrogens (tertiary/aromatic N) is 1. The molecule has 1 aromatic carbocycles. The fourth-order valence-electron chi connectivity index (χ4n) is 2.36. The second-order valence-corrected chi connectivity index (χ2v) is 7.00. The lowest BCUT2D eigenvalue weighted by Gasteiger charge is -2.42. The van der Waals surface area contributed by atoms with E-state index < -0.39 is 0 Å². The molecule has 2 N–H and O–H groups in total. The normalized spacial score (nSPS) is 21.2. The van der Waals surface area contributed by atoms with Crippen LogP contribution in [0.3, 0.4) is 0 Å². The molecule has 6 heteroatoms.